The van der Waals surface area contributed by atoms with Crippen molar-refractivity contribution >= 4 is 17.3 Å². The van der Waals surface area contributed by atoms with Gasteiger partial charge in [-0.05, 0) is 50.8 Å². The third-order valence-corrected chi connectivity index (χ3v) is 5.05. The second-order valence-electron chi connectivity index (χ2n) is 7.36. The third-order valence-electron chi connectivity index (χ3n) is 5.05. The Bertz CT molecular complexity index is 622. The van der Waals surface area contributed by atoms with E-state index >= 15 is 0 Å². The zero-order chi connectivity index (χ0) is 22.1. The molecule has 0 saturated heterocycles. The van der Waals surface area contributed by atoms with Gasteiger partial charge >= 0.3 is 0 Å². The number of hydrogen-bond donors (Lipinski definition) is 0. The van der Waals surface area contributed by atoms with Gasteiger partial charge in [-0.25, -0.2) is 0 Å². The lowest BCUT2D eigenvalue weighted by Crippen LogP contribution is -2.45. The van der Waals surface area contributed by atoms with Crippen molar-refractivity contribution in [3.8, 4) is 0 Å². The molecule has 0 N–H and O–H groups in total. The van der Waals surface area contributed by atoms with E-state index in [-0.39, 0.29) is 17.3 Å². The van der Waals surface area contributed by atoms with E-state index in [0.717, 1.165) is 38.5 Å². The van der Waals surface area contributed by atoms with E-state index in [1.165, 1.54) is 12.2 Å². The van der Waals surface area contributed by atoms with Gasteiger partial charge in [-0.3, -0.25) is 14.4 Å². The molecule has 0 saturated carbocycles. The Morgan fingerprint density at radius 1 is 0.793 bits per heavy atom. The first-order valence-electron chi connectivity index (χ1n) is 11.2. The fourth-order valence-electron chi connectivity index (χ4n) is 3.37. The van der Waals surface area contributed by atoms with E-state index in [1.54, 1.807) is 25.2 Å². The fourth-order valence-corrected chi connectivity index (χ4v) is 3.37. The highest BCUT2D eigenvalue weighted by Crippen LogP contribution is 2.37. The molecule has 2 atom stereocenters. The van der Waals surface area contributed by atoms with E-state index < -0.39 is 11.3 Å². The van der Waals surface area contributed by atoms with Crippen LogP contribution in [0.25, 0.3) is 0 Å². The predicted octanol–water partition coefficient (Wildman–Crippen LogP) is 6.74. The molecule has 2 unspecified atom stereocenters. The third kappa shape index (κ3) is 8.47. The first-order valence-corrected chi connectivity index (χ1v) is 11.2. The van der Waals surface area contributed by atoms with Crippen LogP contribution in [-0.4, -0.2) is 17.3 Å². The zero-order valence-corrected chi connectivity index (χ0v) is 19.1. The van der Waals surface area contributed by atoms with Gasteiger partial charge in [0.2, 0.25) is 0 Å². The summed E-state index contributed by atoms with van der Waals surface area (Å²) < 4.78 is 0. The Hall–Kier alpha value is -2.03. The van der Waals surface area contributed by atoms with Crippen LogP contribution < -0.4 is 0 Å². The molecule has 3 nitrogen and oxygen atoms in total. The molecular weight excluding hydrogens is 360 g/mol. The monoisotopic (exact) mass is 400 g/mol. The summed E-state index contributed by atoms with van der Waals surface area (Å²) in [5.41, 5.74) is -1.48. The van der Waals surface area contributed by atoms with Crippen LogP contribution in [0.3, 0.4) is 0 Å². The standard InChI is InChI=1S/C26H40O3/c1-6-11-14-16-19-23(27)22(10-5)26(21-13-8-3,24(28)18-9-4)25(29)20-17-15-12-7-2/h9,13,16-22H,6-8,10-12,14-15H2,1-5H3. The highest BCUT2D eigenvalue weighted by molar-refractivity contribution is 6.20. The Morgan fingerprint density at radius 2 is 1.34 bits per heavy atom. The van der Waals surface area contributed by atoms with Crippen molar-refractivity contribution in [2.75, 3.05) is 0 Å². The number of ketones is 3. The van der Waals surface area contributed by atoms with Crippen molar-refractivity contribution in [2.24, 2.45) is 11.3 Å². The van der Waals surface area contributed by atoms with Crippen LogP contribution >= 0.6 is 0 Å². The van der Waals surface area contributed by atoms with Crippen molar-refractivity contribution in [2.45, 2.75) is 86.0 Å². The topological polar surface area (TPSA) is 51.2 Å². The van der Waals surface area contributed by atoms with Gasteiger partial charge in [0.25, 0.3) is 0 Å². The molecule has 0 fully saturated rings. The molecular formula is C26H40O3. The van der Waals surface area contributed by atoms with Crippen molar-refractivity contribution in [1.82, 2.24) is 0 Å². The smallest absolute Gasteiger partial charge is 0.173 e. The number of rotatable bonds is 16. The lowest BCUT2D eigenvalue weighted by molar-refractivity contribution is -0.140. The maximum Gasteiger partial charge on any atom is 0.173 e. The zero-order valence-electron chi connectivity index (χ0n) is 19.1. The number of allylic oxidation sites excluding steroid dienone is 8. The van der Waals surface area contributed by atoms with Gasteiger partial charge in [0, 0.05) is 5.92 Å². The molecule has 0 rings (SSSR count). The largest absolute Gasteiger partial charge is 0.294 e. The number of carbonyl (C=O) groups excluding carboxylic acids is 3. The predicted molar refractivity (Wildman–Crippen MR) is 123 cm³/mol. The van der Waals surface area contributed by atoms with Gasteiger partial charge < -0.3 is 0 Å². The number of unbranched alkanes of at least 4 members (excludes halogenated alkanes) is 4. The van der Waals surface area contributed by atoms with E-state index in [0.29, 0.717) is 12.8 Å². The summed E-state index contributed by atoms with van der Waals surface area (Å²) >= 11 is 0. The molecule has 162 valence electrons. The van der Waals surface area contributed by atoms with Crippen LogP contribution in [0, 0.1) is 11.3 Å². The highest BCUT2D eigenvalue weighted by atomic mass is 16.2. The fraction of sp³-hybridized carbons (Fsp3) is 0.577. The molecule has 0 aromatic carbocycles. The quantitative estimate of drug-likeness (QED) is 0.125. The lowest BCUT2D eigenvalue weighted by Gasteiger charge is -2.32. The minimum absolute atomic E-state index is 0.155. The Labute approximate surface area is 178 Å². The summed E-state index contributed by atoms with van der Waals surface area (Å²) in [6.45, 7) is 9.77. The minimum atomic E-state index is -1.48. The summed E-state index contributed by atoms with van der Waals surface area (Å²) in [6.07, 6.45) is 20.1. The molecule has 0 aromatic rings. The van der Waals surface area contributed by atoms with E-state index in [9.17, 15) is 14.4 Å². The highest BCUT2D eigenvalue weighted by Gasteiger charge is 2.49. The summed E-state index contributed by atoms with van der Waals surface area (Å²) in [5.74, 6) is -1.49. The Kier molecular flexibility index (Phi) is 14.7. The van der Waals surface area contributed by atoms with Gasteiger partial charge in [-0.1, -0.05) is 83.8 Å². The molecule has 0 radical (unpaired) electrons. The molecule has 0 heterocycles. The van der Waals surface area contributed by atoms with E-state index in [1.807, 2.05) is 32.1 Å². The van der Waals surface area contributed by atoms with Crippen molar-refractivity contribution in [1.29, 1.82) is 0 Å². The van der Waals surface area contributed by atoms with Crippen LogP contribution in [0.4, 0.5) is 0 Å². The van der Waals surface area contributed by atoms with E-state index in [4.69, 9.17) is 0 Å². The second-order valence-corrected chi connectivity index (χ2v) is 7.36. The summed E-state index contributed by atoms with van der Waals surface area (Å²) in [7, 11) is 0. The Balaban J connectivity index is 6.23. The average Bonchev–Trinajstić information content (AvgIpc) is 2.71. The van der Waals surface area contributed by atoms with Crippen molar-refractivity contribution < 1.29 is 14.4 Å². The molecule has 0 bridgehead atoms. The van der Waals surface area contributed by atoms with Crippen molar-refractivity contribution in [3.05, 3.63) is 48.6 Å². The average molecular weight is 401 g/mol. The van der Waals surface area contributed by atoms with Gasteiger partial charge in [-0.15, -0.1) is 0 Å². The van der Waals surface area contributed by atoms with Crippen LogP contribution in [0.1, 0.15) is 86.0 Å². The van der Waals surface area contributed by atoms with Gasteiger partial charge in [0.05, 0.1) is 0 Å². The van der Waals surface area contributed by atoms with Crippen LogP contribution in [0.2, 0.25) is 0 Å². The maximum absolute atomic E-state index is 13.4. The molecule has 0 aliphatic rings. The first kappa shape index (κ1) is 27.0. The molecule has 0 spiro atoms. The number of hydrogen-bond acceptors (Lipinski definition) is 3. The SMILES string of the molecule is CC=CC(=O)C(C=CCC)(C(=O)C=CCCCC)C(CC)C(=O)C=CCCCC. The molecule has 0 aliphatic carbocycles. The summed E-state index contributed by atoms with van der Waals surface area (Å²) in [4.78, 5) is 39.6. The normalized spacial score (nSPS) is 15.5. The summed E-state index contributed by atoms with van der Waals surface area (Å²) in [5, 5.41) is 0. The lowest BCUT2D eigenvalue weighted by atomic mass is 9.65. The van der Waals surface area contributed by atoms with E-state index in [2.05, 4.69) is 13.8 Å². The molecule has 0 aromatic heterocycles. The van der Waals surface area contributed by atoms with Crippen LogP contribution in [-0.2, 0) is 14.4 Å². The minimum Gasteiger partial charge on any atom is -0.294 e. The van der Waals surface area contributed by atoms with Crippen LogP contribution in [0.15, 0.2) is 48.6 Å². The van der Waals surface area contributed by atoms with Gasteiger partial charge in [0.1, 0.15) is 5.41 Å². The molecule has 3 heteroatoms. The van der Waals surface area contributed by atoms with Crippen molar-refractivity contribution in [3.63, 3.8) is 0 Å². The number of carbonyl (C=O) groups is 3. The molecule has 0 amide bonds. The van der Waals surface area contributed by atoms with Gasteiger partial charge in [0.15, 0.2) is 17.3 Å². The first-order chi connectivity index (χ1) is 14.0. The molecule has 0 aliphatic heterocycles. The molecule has 29 heavy (non-hydrogen) atoms. The van der Waals surface area contributed by atoms with Gasteiger partial charge in [-0.2, -0.15) is 0 Å². The Morgan fingerprint density at radius 3 is 1.83 bits per heavy atom. The summed E-state index contributed by atoms with van der Waals surface area (Å²) in [6, 6.07) is 0. The van der Waals surface area contributed by atoms with Crippen LogP contribution in [0.5, 0.6) is 0 Å². The maximum atomic E-state index is 13.4. The second kappa shape index (κ2) is 15.8.